The molecule has 1 atom stereocenters. The summed E-state index contributed by atoms with van der Waals surface area (Å²) < 4.78 is 18.0. The number of carbonyl (C=O) groups is 1. The Hall–Kier alpha value is -1.58. The summed E-state index contributed by atoms with van der Waals surface area (Å²) in [5, 5.41) is 9.43. The summed E-state index contributed by atoms with van der Waals surface area (Å²) >= 11 is 0. The van der Waals surface area contributed by atoms with E-state index in [1.165, 1.54) is 32.1 Å². The number of hydrogen-bond acceptors (Lipinski definition) is 3. The van der Waals surface area contributed by atoms with Crippen LogP contribution in [0, 0.1) is 11.7 Å². The molecule has 1 aliphatic rings. The van der Waals surface area contributed by atoms with E-state index < -0.39 is 5.82 Å². The van der Waals surface area contributed by atoms with Crippen molar-refractivity contribution in [1.82, 2.24) is 0 Å². The lowest BCUT2D eigenvalue weighted by atomic mass is 9.90. The van der Waals surface area contributed by atoms with Gasteiger partial charge in [-0.15, -0.1) is 0 Å². The van der Waals surface area contributed by atoms with E-state index in [1.54, 1.807) is 0 Å². The summed E-state index contributed by atoms with van der Waals surface area (Å²) in [7, 11) is 1.35. The smallest absolute Gasteiger partial charge is 0.306 e. The molecular weight excluding hydrogens is 235 g/mol. The maximum Gasteiger partial charge on any atom is 0.306 e. The number of halogens is 1. The molecule has 0 spiro atoms. The fraction of sp³-hybridized carbons (Fsp3) is 0.500. The van der Waals surface area contributed by atoms with Crippen molar-refractivity contribution in [3.8, 4) is 5.75 Å². The minimum Gasteiger partial charge on any atom is -0.508 e. The second-order valence-electron chi connectivity index (χ2n) is 4.90. The van der Waals surface area contributed by atoms with Gasteiger partial charge in [0.25, 0.3) is 0 Å². The molecule has 1 aliphatic carbocycles. The second kappa shape index (κ2) is 5.38. The zero-order valence-corrected chi connectivity index (χ0v) is 10.4. The van der Waals surface area contributed by atoms with Gasteiger partial charge < -0.3 is 9.84 Å². The van der Waals surface area contributed by atoms with E-state index in [9.17, 15) is 14.3 Å². The third-order valence-corrected chi connectivity index (χ3v) is 3.33. The van der Waals surface area contributed by atoms with Crippen molar-refractivity contribution < 1.29 is 19.0 Å². The minimum absolute atomic E-state index is 0.0773. The number of ether oxygens (including phenoxy) is 1. The Labute approximate surface area is 106 Å². The Balaban J connectivity index is 2.17. The lowest BCUT2D eigenvalue weighted by Gasteiger charge is -2.16. The summed E-state index contributed by atoms with van der Waals surface area (Å²) in [6.45, 7) is 0. The highest BCUT2D eigenvalue weighted by molar-refractivity contribution is 5.70. The van der Waals surface area contributed by atoms with E-state index in [1.807, 2.05) is 0 Å². The first-order valence-electron chi connectivity index (χ1n) is 6.14. The fourth-order valence-electron chi connectivity index (χ4n) is 2.21. The SMILES string of the molecule is COC(=O)C[C@@H](CC1CC1)c1cc(O)cc(F)c1. The van der Waals surface area contributed by atoms with Crippen LogP contribution in [0.1, 0.15) is 37.2 Å². The lowest BCUT2D eigenvalue weighted by Crippen LogP contribution is -2.09. The van der Waals surface area contributed by atoms with Gasteiger partial charge in [-0.25, -0.2) is 4.39 Å². The van der Waals surface area contributed by atoms with Gasteiger partial charge in [-0.2, -0.15) is 0 Å². The molecule has 1 saturated carbocycles. The highest BCUT2D eigenvalue weighted by Gasteiger charge is 2.28. The highest BCUT2D eigenvalue weighted by atomic mass is 19.1. The zero-order valence-electron chi connectivity index (χ0n) is 10.4. The number of aromatic hydroxyl groups is 1. The topological polar surface area (TPSA) is 46.5 Å². The van der Waals surface area contributed by atoms with Gasteiger partial charge in [0.2, 0.25) is 0 Å². The molecule has 4 heteroatoms. The van der Waals surface area contributed by atoms with Crippen molar-refractivity contribution in [2.75, 3.05) is 7.11 Å². The molecule has 0 unspecified atom stereocenters. The Kier molecular flexibility index (Phi) is 3.84. The van der Waals surface area contributed by atoms with Gasteiger partial charge in [-0.1, -0.05) is 12.8 Å². The van der Waals surface area contributed by atoms with Crippen LogP contribution in [0.5, 0.6) is 5.75 Å². The number of rotatable bonds is 5. The van der Waals surface area contributed by atoms with Gasteiger partial charge >= 0.3 is 5.97 Å². The van der Waals surface area contributed by atoms with Gasteiger partial charge in [0.05, 0.1) is 13.5 Å². The predicted octanol–water partition coefficient (Wildman–Crippen LogP) is 2.98. The Morgan fingerprint density at radius 3 is 2.78 bits per heavy atom. The standard InChI is InChI=1S/C14H17FO3/c1-18-14(17)7-10(4-9-2-3-9)11-5-12(15)8-13(16)6-11/h5-6,8-10,16H,2-4,7H2,1H3/t10-/m1/s1. The van der Waals surface area contributed by atoms with Crippen LogP contribution in [0.4, 0.5) is 4.39 Å². The fourth-order valence-corrected chi connectivity index (χ4v) is 2.21. The molecule has 18 heavy (non-hydrogen) atoms. The van der Waals surface area contributed by atoms with E-state index in [4.69, 9.17) is 0 Å². The van der Waals surface area contributed by atoms with E-state index in [0.717, 1.165) is 12.5 Å². The molecule has 0 radical (unpaired) electrons. The van der Waals surface area contributed by atoms with Crippen LogP contribution < -0.4 is 0 Å². The normalized spacial score (nSPS) is 16.3. The number of esters is 1. The number of phenolic OH excluding ortho intramolecular Hbond substituents is 1. The van der Waals surface area contributed by atoms with E-state index in [0.29, 0.717) is 11.5 Å². The highest BCUT2D eigenvalue weighted by Crippen LogP contribution is 2.40. The van der Waals surface area contributed by atoms with Crippen molar-refractivity contribution in [1.29, 1.82) is 0 Å². The lowest BCUT2D eigenvalue weighted by molar-refractivity contribution is -0.141. The third-order valence-electron chi connectivity index (χ3n) is 3.33. The number of carbonyl (C=O) groups excluding carboxylic acids is 1. The average molecular weight is 252 g/mol. The number of phenols is 1. The first-order chi connectivity index (χ1) is 8.58. The molecule has 0 bridgehead atoms. The molecule has 1 aromatic rings. The van der Waals surface area contributed by atoms with Crippen LogP contribution in [0.25, 0.3) is 0 Å². The zero-order chi connectivity index (χ0) is 13.1. The largest absolute Gasteiger partial charge is 0.508 e. The van der Waals surface area contributed by atoms with Crippen molar-refractivity contribution in [3.63, 3.8) is 0 Å². The Morgan fingerprint density at radius 2 is 2.22 bits per heavy atom. The molecule has 0 saturated heterocycles. The molecule has 98 valence electrons. The van der Waals surface area contributed by atoms with Gasteiger partial charge in [-0.05, 0) is 36.0 Å². The quantitative estimate of drug-likeness (QED) is 0.819. The first kappa shape index (κ1) is 12.9. The van der Waals surface area contributed by atoms with Gasteiger partial charge in [0.15, 0.2) is 0 Å². The molecule has 0 amide bonds. The molecule has 0 aromatic heterocycles. The molecule has 1 aromatic carbocycles. The van der Waals surface area contributed by atoms with Crippen LogP contribution in [-0.4, -0.2) is 18.2 Å². The molecule has 1 fully saturated rings. The van der Waals surface area contributed by atoms with Gasteiger partial charge in [-0.3, -0.25) is 4.79 Å². The average Bonchev–Trinajstić information content (AvgIpc) is 3.10. The van der Waals surface area contributed by atoms with E-state index >= 15 is 0 Å². The van der Waals surface area contributed by atoms with Crippen molar-refractivity contribution in [2.24, 2.45) is 5.92 Å². The van der Waals surface area contributed by atoms with Crippen LogP contribution in [-0.2, 0) is 9.53 Å². The summed E-state index contributed by atoms with van der Waals surface area (Å²) in [5.41, 5.74) is 0.671. The first-order valence-corrected chi connectivity index (χ1v) is 6.14. The van der Waals surface area contributed by atoms with Crippen molar-refractivity contribution in [3.05, 3.63) is 29.6 Å². The molecule has 0 aliphatic heterocycles. The third kappa shape index (κ3) is 3.45. The summed E-state index contributed by atoms with van der Waals surface area (Å²) in [5.74, 6) is -0.340. The summed E-state index contributed by atoms with van der Waals surface area (Å²) in [6.07, 6.45) is 3.41. The van der Waals surface area contributed by atoms with Crippen LogP contribution in [0.2, 0.25) is 0 Å². The Morgan fingerprint density at radius 1 is 1.50 bits per heavy atom. The summed E-state index contributed by atoms with van der Waals surface area (Å²) in [6, 6.07) is 3.98. The minimum atomic E-state index is -0.476. The number of methoxy groups -OCH3 is 1. The van der Waals surface area contributed by atoms with Crippen LogP contribution in [0.15, 0.2) is 18.2 Å². The molecular formula is C14H17FO3. The van der Waals surface area contributed by atoms with Crippen molar-refractivity contribution >= 4 is 5.97 Å². The van der Waals surface area contributed by atoms with E-state index in [2.05, 4.69) is 4.74 Å². The van der Waals surface area contributed by atoms with Crippen LogP contribution >= 0.6 is 0 Å². The predicted molar refractivity (Wildman–Crippen MR) is 64.8 cm³/mol. The molecule has 0 heterocycles. The van der Waals surface area contributed by atoms with Crippen molar-refractivity contribution in [2.45, 2.75) is 31.6 Å². The maximum atomic E-state index is 13.3. The van der Waals surface area contributed by atoms with E-state index in [-0.39, 0.29) is 24.1 Å². The number of benzene rings is 1. The molecule has 3 nitrogen and oxygen atoms in total. The molecule has 2 rings (SSSR count). The molecule has 1 N–H and O–H groups in total. The van der Waals surface area contributed by atoms with Gasteiger partial charge in [0, 0.05) is 6.07 Å². The Bertz CT molecular complexity index is 420. The van der Waals surface area contributed by atoms with Gasteiger partial charge in [0.1, 0.15) is 11.6 Å². The second-order valence-corrected chi connectivity index (χ2v) is 4.90. The maximum absolute atomic E-state index is 13.3. The van der Waals surface area contributed by atoms with Crippen LogP contribution in [0.3, 0.4) is 0 Å². The number of hydrogen-bond donors (Lipinski definition) is 1. The summed E-state index contributed by atoms with van der Waals surface area (Å²) in [4.78, 5) is 11.4. The monoisotopic (exact) mass is 252 g/mol.